The molecular formula is C30H40N2O5. The molecule has 0 spiro atoms. The maximum absolute atomic E-state index is 13.0. The minimum absolute atomic E-state index is 0.0294. The molecule has 200 valence electrons. The van der Waals surface area contributed by atoms with Gasteiger partial charge in [-0.1, -0.05) is 49.4 Å². The van der Waals surface area contributed by atoms with Crippen LogP contribution in [0, 0.1) is 5.92 Å². The first-order valence-corrected chi connectivity index (χ1v) is 13.4. The van der Waals surface area contributed by atoms with E-state index in [0.717, 1.165) is 42.6 Å². The molecule has 0 unspecified atom stereocenters. The summed E-state index contributed by atoms with van der Waals surface area (Å²) in [6.07, 6.45) is 2.94. The van der Waals surface area contributed by atoms with Gasteiger partial charge in [0.2, 0.25) is 0 Å². The molecule has 7 nitrogen and oxygen atoms in total. The van der Waals surface area contributed by atoms with E-state index < -0.39 is 5.60 Å². The molecule has 0 bridgehead atoms. The van der Waals surface area contributed by atoms with E-state index in [1.54, 1.807) is 4.90 Å². The Labute approximate surface area is 220 Å². The van der Waals surface area contributed by atoms with Gasteiger partial charge in [-0.15, -0.1) is 0 Å². The number of hydrogen-bond donors (Lipinski definition) is 0. The smallest absolute Gasteiger partial charge is 0.410 e. The topological polar surface area (TPSA) is 68.3 Å². The third-order valence-electron chi connectivity index (χ3n) is 6.90. The van der Waals surface area contributed by atoms with Crippen molar-refractivity contribution in [1.29, 1.82) is 0 Å². The van der Waals surface area contributed by atoms with Gasteiger partial charge >= 0.3 is 12.2 Å². The third kappa shape index (κ3) is 7.63. The Balaban J connectivity index is 1.32. The summed E-state index contributed by atoms with van der Waals surface area (Å²) in [7, 11) is 0. The lowest BCUT2D eigenvalue weighted by atomic mass is 9.90. The lowest BCUT2D eigenvalue weighted by Gasteiger charge is -2.39. The average Bonchev–Trinajstić information content (AvgIpc) is 2.87. The maximum Gasteiger partial charge on any atom is 0.410 e. The minimum atomic E-state index is -0.532. The first-order chi connectivity index (χ1) is 17.7. The van der Waals surface area contributed by atoms with Crippen molar-refractivity contribution in [3.05, 3.63) is 65.7 Å². The Morgan fingerprint density at radius 3 is 2.35 bits per heavy atom. The molecule has 2 amide bonds. The van der Waals surface area contributed by atoms with Crippen LogP contribution in [0.5, 0.6) is 5.75 Å². The fraction of sp³-hybridized carbons (Fsp3) is 0.533. The van der Waals surface area contributed by atoms with Gasteiger partial charge in [0.05, 0.1) is 6.04 Å². The summed E-state index contributed by atoms with van der Waals surface area (Å²) in [6, 6.07) is 17.8. The number of carbonyl (C=O) groups is 2. The van der Waals surface area contributed by atoms with Crippen molar-refractivity contribution in [3.8, 4) is 5.75 Å². The summed E-state index contributed by atoms with van der Waals surface area (Å²) in [6.45, 7) is 10.0. The van der Waals surface area contributed by atoms with Crippen LogP contribution in [0.4, 0.5) is 9.59 Å². The van der Waals surface area contributed by atoms with Crippen LogP contribution < -0.4 is 4.74 Å². The molecule has 2 aromatic rings. The number of carbonyl (C=O) groups excluding carboxylic acids is 2. The fourth-order valence-electron chi connectivity index (χ4n) is 4.98. The van der Waals surface area contributed by atoms with E-state index in [4.69, 9.17) is 14.2 Å². The third-order valence-corrected chi connectivity index (χ3v) is 6.90. The van der Waals surface area contributed by atoms with E-state index in [-0.39, 0.29) is 30.9 Å². The van der Waals surface area contributed by atoms with Crippen molar-refractivity contribution in [1.82, 2.24) is 9.80 Å². The van der Waals surface area contributed by atoms with Gasteiger partial charge in [-0.25, -0.2) is 9.59 Å². The lowest BCUT2D eigenvalue weighted by molar-refractivity contribution is 0.00353. The molecule has 2 heterocycles. The van der Waals surface area contributed by atoms with Gasteiger partial charge < -0.3 is 24.0 Å². The molecular weight excluding hydrogens is 468 g/mol. The van der Waals surface area contributed by atoms with Gasteiger partial charge in [0.25, 0.3) is 0 Å². The van der Waals surface area contributed by atoms with Gasteiger partial charge in [-0.3, -0.25) is 0 Å². The molecule has 0 N–H and O–H groups in total. The molecule has 4 rings (SSSR count). The first-order valence-electron chi connectivity index (χ1n) is 13.4. The molecule has 0 saturated carbocycles. The second-order valence-electron chi connectivity index (χ2n) is 11.2. The molecule has 37 heavy (non-hydrogen) atoms. The van der Waals surface area contributed by atoms with E-state index >= 15 is 0 Å². The van der Waals surface area contributed by atoms with Crippen LogP contribution in [-0.4, -0.2) is 53.3 Å². The van der Waals surface area contributed by atoms with E-state index in [0.29, 0.717) is 25.6 Å². The maximum atomic E-state index is 13.0. The van der Waals surface area contributed by atoms with E-state index in [1.807, 2.05) is 68.1 Å². The van der Waals surface area contributed by atoms with Crippen molar-refractivity contribution in [3.63, 3.8) is 0 Å². The van der Waals surface area contributed by atoms with Crippen LogP contribution in [0.1, 0.15) is 70.5 Å². The summed E-state index contributed by atoms with van der Waals surface area (Å²) < 4.78 is 17.5. The van der Waals surface area contributed by atoms with Crippen LogP contribution >= 0.6 is 0 Å². The molecule has 7 heteroatoms. The van der Waals surface area contributed by atoms with Crippen molar-refractivity contribution in [2.75, 3.05) is 19.6 Å². The highest BCUT2D eigenvalue weighted by Gasteiger charge is 2.34. The standard InChI is InChI=1S/C30H40N2O5/c1-22-13-14-27(32(20-22)29(34)37-30(2,3)4)24-11-8-12-26(19-24)36-25-15-17-31(18-16-25)28(33)35-21-23-9-6-5-7-10-23/h5-12,19,22,25,27H,13-18,20-21H2,1-4H3/t22-,27-/m0/s1. The Hall–Kier alpha value is -3.22. The van der Waals surface area contributed by atoms with E-state index in [1.165, 1.54) is 0 Å². The van der Waals surface area contributed by atoms with Crippen LogP contribution in [0.15, 0.2) is 54.6 Å². The Bertz CT molecular complexity index is 1040. The molecule has 2 atom stereocenters. The average molecular weight is 509 g/mol. The highest BCUT2D eigenvalue weighted by Crippen LogP contribution is 2.36. The zero-order chi connectivity index (χ0) is 26.4. The van der Waals surface area contributed by atoms with E-state index in [2.05, 4.69) is 19.1 Å². The molecule has 2 aliphatic rings. The summed E-state index contributed by atoms with van der Waals surface area (Å²) >= 11 is 0. The van der Waals surface area contributed by atoms with Crippen molar-refractivity contribution < 1.29 is 23.8 Å². The van der Waals surface area contributed by atoms with Gasteiger partial charge in [-0.05, 0) is 62.8 Å². The number of rotatable bonds is 5. The largest absolute Gasteiger partial charge is 0.490 e. The zero-order valence-electron chi connectivity index (χ0n) is 22.5. The van der Waals surface area contributed by atoms with Crippen LogP contribution in [0.3, 0.4) is 0 Å². The molecule has 0 radical (unpaired) electrons. The number of hydrogen-bond acceptors (Lipinski definition) is 5. The van der Waals surface area contributed by atoms with Gasteiger partial charge in [0.1, 0.15) is 24.1 Å². The summed E-state index contributed by atoms with van der Waals surface area (Å²) in [5.74, 6) is 1.23. The van der Waals surface area contributed by atoms with Crippen molar-refractivity contribution in [2.45, 2.75) is 77.7 Å². The number of benzene rings is 2. The van der Waals surface area contributed by atoms with Crippen LogP contribution in [-0.2, 0) is 16.1 Å². The number of piperidine rings is 2. The molecule has 0 aromatic heterocycles. The Kier molecular flexibility index (Phi) is 8.62. The van der Waals surface area contributed by atoms with E-state index in [9.17, 15) is 9.59 Å². The van der Waals surface area contributed by atoms with Gasteiger partial charge in [0, 0.05) is 32.5 Å². The quantitative estimate of drug-likeness (QED) is 0.457. The number of nitrogens with zero attached hydrogens (tertiary/aromatic N) is 2. The highest BCUT2D eigenvalue weighted by atomic mass is 16.6. The molecule has 2 aliphatic heterocycles. The van der Waals surface area contributed by atoms with Crippen molar-refractivity contribution in [2.24, 2.45) is 5.92 Å². The summed E-state index contributed by atoms with van der Waals surface area (Å²) in [5, 5.41) is 0. The predicted molar refractivity (Wildman–Crippen MR) is 142 cm³/mol. The predicted octanol–water partition coefficient (Wildman–Crippen LogP) is 6.57. The summed E-state index contributed by atoms with van der Waals surface area (Å²) in [5.41, 5.74) is 1.51. The monoisotopic (exact) mass is 508 g/mol. The molecule has 0 aliphatic carbocycles. The highest BCUT2D eigenvalue weighted by molar-refractivity contribution is 5.69. The minimum Gasteiger partial charge on any atom is -0.490 e. The zero-order valence-corrected chi connectivity index (χ0v) is 22.5. The second kappa shape index (κ2) is 11.9. The number of amides is 2. The van der Waals surface area contributed by atoms with Crippen LogP contribution in [0.2, 0.25) is 0 Å². The lowest BCUT2D eigenvalue weighted by Crippen LogP contribution is -2.44. The fourth-order valence-corrected chi connectivity index (χ4v) is 4.98. The molecule has 2 fully saturated rings. The summed E-state index contributed by atoms with van der Waals surface area (Å²) in [4.78, 5) is 29.1. The van der Waals surface area contributed by atoms with Crippen LogP contribution in [0.25, 0.3) is 0 Å². The van der Waals surface area contributed by atoms with Gasteiger partial charge in [-0.2, -0.15) is 0 Å². The second-order valence-corrected chi connectivity index (χ2v) is 11.2. The molecule has 2 saturated heterocycles. The van der Waals surface area contributed by atoms with Crippen molar-refractivity contribution >= 4 is 12.2 Å². The number of ether oxygens (including phenoxy) is 3. The first kappa shape index (κ1) is 26.8. The Morgan fingerprint density at radius 2 is 1.65 bits per heavy atom. The normalized spacial score (nSPS) is 20.9. The molecule has 2 aromatic carbocycles. The van der Waals surface area contributed by atoms with Gasteiger partial charge in [0.15, 0.2) is 0 Å². The Morgan fingerprint density at radius 1 is 0.919 bits per heavy atom. The SMILES string of the molecule is C[C@H]1CC[C@@H](c2cccc(OC3CCN(C(=O)OCc4ccccc4)CC3)c2)N(C(=O)OC(C)(C)C)C1. The number of likely N-dealkylation sites (tertiary alicyclic amines) is 2.